The third-order valence-corrected chi connectivity index (χ3v) is 6.05. The van der Waals surface area contributed by atoms with Crippen LogP contribution >= 0.6 is 0 Å². The van der Waals surface area contributed by atoms with Gasteiger partial charge in [-0.1, -0.05) is 54.6 Å². The van der Waals surface area contributed by atoms with Crippen molar-refractivity contribution in [1.29, 1.82) is 0 Å². The number of aromatic nitrogens is 2. The van der Waals surface area contributed by atoms with Crippen molar-refractivity contribution in [3.05, 3.63) is 108 Å². The molecule has 1 heterocycles. The van der Waals surface area contributed by atoms with Crippen LogP contribution < -0.4 is 15.4 Å². The first kappa shape index (κ1) is 26.8. The van der Waals surface area contributed by atoms with Crippen LogP contribution in [0.2, 0.25) is 0 Å². The first-order valence-electron chi connectivity index (χ1n) is 12.5. The first-order valence-corrected chi connectivity index (χ1v) is 12.5. The van der Waals surface area contributed by atoms with Gasteiger partial charge in [0.05, 0.1) is 10.9 Å². The van der Waals surface area contributed by atoms with Crippen LogP contribution in [0.4, 0.5) is 4.39 Å². The predicted molar refractivity (Wildman–Crippen MR) is 148 cm³/mol. The number of carbonyl (C=O) groups is 1. The van der Waals surface area contributed by atoms with Crippen molar-refractivity contribution in [2.24, 2.45) is 0 Å². The second-order valence-corrected chi connectivity index (χ2v) is 8.56. The van der Waals surface area contributed by atoms with Crippen LogP contribution in [0.3, 0.4) is 0 Å². The summed E-state index contributed by atoms with van der Waals surface area (Å²) in [4.78, 5) is 11.2. The average molecular weight is 515 g/mol. The summed E-state index contributed by atoms with van der Waals surface area (Å²) in [5, 5.41) is 22.5. The van der Waals surface area contributed by atoms with Crippen molar-refractivity contribution in [3.8, 4) is 5.75 Å². The Kier molecular flexibility index (Phi) is 9.39. The number of nitrogens with zero attached hydrogens (tertiary/aromatic N) is 1. The molecule has 0 atom stereocenters. The van der Waals surface area contributed by atoms with Gasteiger partial charge in [0, 0.05) is 32.8 Å². The Balaban J connectivity index is 1.58. The number of rotatable bonds is 12. The van der Waals surface area contributed by atoms with E-state index < -0.39 is 5.95 Å². The molecule has 3 aromatic carbocycles. The Hall–Kier alpha value is -4.27. The van der Waals surface area contributed by atoms with E-state index in [1.165, 1.54) is 6.08 Å². The van der Waals surface area contributed by atoms with E-state index in [0.29, 0.717) is 37.0 Å². The molecule has 1 aromatic heterocycles. The molecule has 4 N–H and O–H groups in total. The molecule has 38 heavy (non-hydrogen) atoms. The van der Waals surface area contributed by atoms with Crippen molar-refractivity contribution >= 4 is 28.0 Å². The van der Waals surface area contributed by atoms with Crippen molar-refractivity contribution in [1.82, 2.24) is 20.8 Å². The molecular weight excluding hydrogens is 483 g/mol. The maximum Gasteiger partial charge on any atom is 0.243 e. The van der Waals surface area contributed by atoms with Gasteiger partial charge in [-0.25, -0.2) is 0 Å². The van der Waals surface area contributed by atoms with Gasteiger partial charge in [-0.2, -0.15) is 9.49 Å². The number of likely N-dealkylation sites (N-methyl/N-ethyl adjacent to an activating group) is 1. The molecule has 0 saturated carbocycles. The average Bonchev–Trinajstić information content (AvgIpc) is 3.33. The van der Waals surface area contributed by atoms with Crippen LogP contribution in [0.5, 0.6) is 5.75 Å². The maximum atomic E-state index is 14.4. The molecule has 8 heteroatoms. The molecule has 4 aromatic rings. The number of ether oxygens (including phenoxy) is 1. The van der Waals surface area contributed by atoms with E-state index in [2.05, 4.69) is 20.8 Å². The monoisotopic (exact) mass is 514 g/mol. The summed E-state index contributed by atoms with van der Waals surface area (Å²) in [6.45, 7) is 1.63. The highest BCUT2D eigenvalue weighted by atomic mass is 19.1. The zero-order valence-electron chi connectivity index (χ0n) is 21.2. The normalized spacial score (nSPS) is 12.1. The van der Waals surface area contributed by atoms with Crippen molar-refractivity contribution in [2.45, 2.75) is 6.42 Å². The highest BCUT2D eigenvalue weighted by molar-refractivity contribution is 6.00. The summed E-state index contributed by atoms with van der Waals surface area (Å²) in [5.41, 5.74) is 5.15. The smallest absolute Gasteiger partial charge is 0.243 e. The summed E-state index contributed by atoms with van der Waals surface area (Å²) in [6, 6.07) is 23.1. The molecule has 0 aliphatic rings. The highest BCUT2D eigenvalue weighted by Crippen LogP contribution is 2.36. The van der Waals surface area contributed by atoms with Crippen LogP contribution in [-0.4, -0.2) is 54.6 Å². The number of H-pyrrole nitrogens is 1. The van der Waals surface area contributed by atoms with Crippen molar-refractivity contribution in [2.75, 3.05) is 33.4 Å². The van der Waals surface area contributed by atoms with Gasteiger partial charge in [-0.05, 0) is 58.5 Å². The number of aliphatic hydroxyl groups is 1. The molecular formula is C30H31FN4O3. The fourth-order valence-corrected chi connectivity index (χ4v) is 4.21. The summed E-state index contributed by atoms with van der Waals surface area (Å²) in [7, 11) is 1.59. The first-order chi connectivity index (χ1) is 18.6. The van der Waals surface area contributed by atoms with Gasteiger partial charge in [-0.3, -0.25) is 9.89 Å². The van der Waals surface area contributed by atoms with E-state index in [4.69, 9.17) is 4.74 Å². The molecule has 0 radical (unpaired) electrons. The topological polar surface area (TPSA) is 99.3 Å². The number of amides is 1. The molecule has 0 aliphatic heterocycles. The Morgan fingerprint density at radius 2 is 1.82 bits per heavy atom. The Morgan fingerprint density at radius 1 is 1.05 bits per heavy atom. The quantitative estimate of drug-likeness (QED) is 0.128. The Morgan fingerprint density at radius 3 is 2.55 bits per heavy atom. The molecule has 4 rings (SSSR count). The lowest BCUT2D eigenvalue weighted by Gasteiger charge is -2.17. The molecule has 196 valence electrons. The number of hydrogen-bond acceptors (Lipinski definition) is 5. The van der Waals surface area contributed by atoms with E-state index in [1.54, 1.807) is 25.3 Å². The fourth-order valence-electron chi connectivity index (χ4n) is 4.21. The number of aliphatic hydroxyl groups excluding tert-OH is 1. The summed E-state index contributed by atoms with van der Waals surface area (Å²) < 4.78 is 20.2. The number of halogens is 1. The highest BCUT2D eigenvalue weighted by Gasteiger charge is 2.16. The minimum atomic E-state index is -0.480. The molecule has 7 nitrogen and oxygen atoms in total. The third-order valence-electron chi connectivity index (χ3n) is 6.05. The Bertz CT molecular complexity index is 1410. The number of nitrogens with one attached hydrogen (secondary N) is 3. The number of benzene rings is 3. The SMILES string of the molecule is CNC(=O)/C=C/CNCCOc1ccc(/C(=C(/CCO)c2ccccc2)c2ccc3n[nH]c(F)c3c2)cc1. The second-order valence-electron chi connectivity index (χ2n) is 8.56. The van der Waals surface area contributed by atoms with Crippen LogP contribution in [0.25, 0.3) is 22.0 Å². The van der Waals surface area contributed by atoms with Gasteiger partial charge in [0.25, 0.3) is 0 Å². The number of aromatic amines is 1. The minimum Gasteiger partial charge on any atom is -0.492 e. The lowest BCUT2D eigenvalue weighted by atomic mass is 9.87. The lowest BCUT2D eigenvalue weighted by molar-refractivity contribution is -0.116. The molecule has 0 bridgehead atoms. The van der Waals surface area contributed by atoms with Crippen LogP contribution in [0, 0.1) is 5.95 Å². The summed E-state index contributed by atoms with van der Waals surface area (Å²) >= 11 is 0. The number of carbonyl (C=O) groups excluding carboxylic acids is 1. The molecule has 0 saturated heterocycles. The van der Waals surface area contributed by atoms with E-state index in [-0.39, 0.29) is 12.5 Å². The molecule has 1 amide bonds. The molecule has 0 spiro atoms. The van der Waals surface area contributed by atoms with Crippen molar-refractivity contribution < 1.29 is 19.0 Å². The van der Waals surface area contributed by atoms with Gasteiger partial charge in [0.2, 0.25) is 11.9 Å². The molecule has 0 fully saturated rings. The van der Waals surface area contributed by atoms with Crippen molar-refractivity contribution in [3.63, 3.8) is 0 Å². The number of fused-ring (bicyclic) bond motifs is 1. The van der Waals surface area contributed by atoms with E-state index in [9.17, 15) is 14.3 Å². The predicted octanol–water partition coefficient (Wildman–Crippen LogP) is 4.31. The zero-order valence-corrected chi connectivity index (χ0v) is 21.2. The van der Waals surface area contributed by atoms with Gasteiger partial charge in [0.15, 0.2) is 0 Å². The van der Waals surface area contributed by atoms with Gasteiger partial charge in [0.1, 0.15) is 12.4 Å². The lowest BCUT2D eigenvalue weighted by Crippen LogP contribution is -2.21. The standard InChI is InChI=1S/C30H31FN4O3/c1-32-28(37)8-5-16-33-17-19-38-24-12-9-22(10-13-24)29(25(15-18-36)21-6-3-2-4-7-21)23-11-14-27-26(20-23)30(31)35-34-27/h2-14,20,33,36H,15-19H2,1H3,(H,32,37)(H,34,35)/b8-5+,29-25+. The summed E-state index contributed by atoms with van der Waals surface area (Å²) in [5.74, 6) is 0.0995. The summed E-state index contributed by atoms with van der Waals surface area (Å²) in [6.07, 6.45) is 3.67. The molecule has 0 unspecified atom stereocenters. The second kappa shape index (κ2) is 13.3. The minimum absolute atomic E-state index is 0.0253. The van der Waals surface area contributed by atoms with Crippen LogP contribution in [0.1, 0.15) is 23.1 Å². The van der Waals surface area contributed by atoms with E-state index in [1.807, 2.05) is 60.7 Å². The van der Waals surface area contributed by atoms with Crippen LogP contribution in [0.15, 0.2) is 84.9 Å². The molecule has 0 aliphatic carbocycles. The fraction of sp³-hybridized carbons (Fsp3) is 0.200. The Labute approximate surface area is 221 Å². The maximum absolute atomic E-state index is 14.4. The van der Waals surface area contributed by atoms with Gasteiger partial charge >= 0.3 is 0 Å². The largest absolute Gasteiger partial charge is 0.492 e. The third kappa shape index (κ3) is 6.73. The number of hydrogen-bond donors (Lipinski definition) is 4. The van der Waals surface area contributed by atoms with Gasteiger partial charge < -0.3 is 20.5 Å². The zero-order chi connectivity index (χ0) is 26.7. The van der Waals surface area contributed by atoms with E-state index in [0.717, 1.165) is 33.6 Å². The van der Waals surface area contributed by atoms with Gasteiger partial charge in [-0.15, -0.1) is 0 Å². The van der Waals surface area contributed by atoms with E-state index >= 15 is 0 Å². The van der Waals surface area contributed by atoms with Crippen LogP contribution in [-0.2, 0) is 4.79 Å².